The van der Waals surface area contributed by atoms with Crippen molar-refractivity contribution in [3.05, 3.63) is 29.8 Å². The number of rotatable bonds is 16. The van der Waals surface area contributed by atoms with Crippen molar-refractivity contribution in [2.75, 3.05) is 13.2 Å². The average Bonchev–Trinajstić information content (AvgIpc) is 2.84. The number of guanidine groups is 1. The second-order valence-corrected chi connectivity index (χ2v) is 9.26. The Labute approximate surface area is 221 Å². The van der Waals surface area contributed by atoms with Crippen molar-refractivity contribution in [3.63, 3.8) is 0 Å². The van der Waals surface area contributed by atoms with E-state index in [4.69, 9.17) is 17.2 Å². The van der Waals surface area contributed by atoms with E-state index in [1.165, 1.54) is 24.3 Å². The number of carboxylic acid groups (broad SMARTS) is 1. The fraction of sp³-hybridized carbons (Fsp3) is 0.542. The molecule has 212 valence electrons. The monoisotopic (exact) mass is 537 g/mol. The van der Waals surface area contributed by atoms with Crippen LogP contribution in [0.25, 0.3) is 0 Å². The number of aliphatic carboxylic acids is 1. The molecule has 0 spiro atoms. The number of phenolic OH excluding ortho intramolecular Hbond substituents is 1. The van der Waals surface area contributed by atoms with Crippen molar-refractivity contribution in [2.45, 2.75) is 63.7 Å². The lowest BCUT2D eigenvalue weighted by atomic mass is 10.0. The number of phenols is 1. The van der Waals surface area contributed by atoms with Gasteiger partial charge in [-0.15, -0.1) is 0 Å². The molecule has 0 saturated heterocycles. The molecule has 0 bridgehead atoms. The predicted octanol–water partition coefficient (Wildman–Crippen LogP) is -2.11. The summed E-state index contributed by atoms with van der Waals surface area (Å²) in [5.41, 5.74) is 17.1. The van der Waals surface area contributed by atoms with Crippen LogP contribution in [0, 0.1) is 5.92 Å². The topological polar surface area (TPSA) is 255 Å². The number of aliphatic hydroxyl groups is 1. The lowest BCUT2D eigenvalue weighted by Gasteiger charge is -2.24. The summed E-state index contributed by atoms with van der Waals surface area (Å²) in [5.74, 6) is -3.61. The van der Waals surface area contributed by atoms with Gasteiger partial charge in [-0.1, -0.05) is 26.0 Å². The SMILES string of the molecule is CC(C)CC(N)C(=O)NC(CCCN=C(N)N)C(=O)NC(CO)C(=O)NC(Cc1ccc(O)cc1)C(=O)O. The third kappa shape index (κ3) is 11.9. The number of aliphatic hydroxyl groups excluding tert-OH is 1. The van der Waals surface area contributed by atoms with Gasteiger partial charge in [0.05, 0.1) is 12.6 Å². The van der Waals surface area contributed by atoms with E-state index < -0.39 is 54.5 Å². The molecule has 1 rings (SSSR count). The number of carbonyl (C=O) groups excluding carboxylic acids is 3. The summed E-state index contributed by atoms with van der Waals surface area (Å²) in [5, 5.41) is 35.9. The molecule has 14 heteroatoms. The Morgan fingerprint density at radius 1 is 0.921 bits per heavy atom. The summed E-state index contributed by atoms with van der Waals surface area (Å²) in [7, 11) is 0. The Hall–Kier alpha value is -3.91. The van der Waals surface area contributed by atoms with Gasteiger partial charge in [-0.2, -0.15) is 0 Å². The zero-order valence-corrected chi connectivity index (χ0v) is 21.6. The minimum Gasteiger partial charge on any atom is -0.508 e. The molecule has 0 aliphatic heterocycles. The third-order valence-electron chi connectivity index (χ3n) is 5.45. The summed E-state index contributed by atoms with van der Waals surface area (Å²) in [6.45, 7) is 3.14. The number of nitrogens with two attached hydrogens (primary N) is 3. The Morgan fingerprint density at radius 2 is 1.47 bits per heavy atom. The number of benzene rings is 1. The number of nitrogens with one attached hydrogen (secondary N) is 3. The van der Waals surface area contributed by atoms with Gasteiger partial charge in [0.15, 0.2) is 5.96 Å². The number of aromatic hydroxyl groups is 1. The Kier molecular flexibility index (Phi) is 13.6. The van der Waals surface area contributed by atoms with E-state index in [2.05, 4.69) is 20.9 Å². The highest BCUT2D eigenvalue weighted by Crippen LogP contribution is 2.12. The molecule has 38 heavy (non-hydrogen) atoms. The van der Waals surface area contributed by atoms with Gasteiger partial charge >= 0.3 is 5.97 Å². The second-order valence-electron chi connectivity index (χ2n) is 9.26. The van der Waals surface area contributed by atoms with E-state index in [9.17, 15) is 34.5 Å². The smallest absolute Gasteiger partial charge is 0.326 e. The molecule has 4 atom stereocenters. The van der Waals surface area contributed by atoms with Crippen molar-refractivity contribution >= 4 is 29.7 Å². The fourth-order valence-corrected chi connectivity index (χ4v) is 3.47. The number of hydrogen-bond acceptors (Lipinski definition) is 8. The molecule has 12 N–H and O–H groups in total. The van der Waals surface area contributed by atoms with Crippen LogP contribution in [0.3, 0.4) is 0 Å². The highest BCUT2D eigenvalue weighted by Gasteiger charge is 2.30. The molecule has 0 aliphatic rings. The maximum Gasteiger partial charge on any atom is 0.326 e. The van der Waals surface area contributed by atoms with Crippen LogP contribution in [0.15, 0.2) is 29.3 Å². The van der Waals surface area contributed by atoms with Gasteiger partial charge in [0.25, 0.3) is 0 Å². The van der Waals surface area contributed by atoms with Crippen LogP contribution in [-0.4, -0.2) is 82.3 Å². The Balaban J connectivity index is 2.92. The van der Waals surface area contributed by atoms with Gasteiger partial charge < -0.3 is 48.5 Å². The largest absolute Gasteiger partial charge is 0.508 e. The van der Waals surface area contributed by atoms with Crippen LogP contribution >= 0.6 is 0 Å². The molecule has 0 heterocycles. The van der Waals surface area contributed by atoms with Crippen molar-refractivity contribution in [1.29, 1.82) is 0 Å². The summed E-state index contributed by atoms with van der Waals surface area (Å²) in [4.78, 5) is 53.8. The van der Waals surface area contributed by atoms with Gasteiger partial charge in [0.2, 0.25) is 17.7 Å². The van der Waals surface area contributed by atoms with E-state index in [1.807, 2.05) is 13.8 Å². The highest BCUT2D eigenvalue weighted by molar-refractivity contribution is 5.94. The summed E-state index contributed by atoms with van der Waals surface area (Å²) < 4.78 is 0. The van der Waals surface area contributed by atoms with Gasteiger partial charge in [-0.25, -0.2) is 4.79 Å². The molecular formula is C24H39N7O7. The van der Waals surface area contributed by atoms with Crippen LogP contribution in [0.4, 0.5) is 0 Å². The van der Waals surface area contributed by atoms with Crippen LogP contribution < -0.4 is 33.2 Å². The maximum atomic E-state index is 13.0. The lowest BCUT2D eigenvalue weighted by molar-refractivity contribution is -0.142. The predicted molar refractivity (Wildman–Crippen MR) is 140 cm³/mol. The zero-order chi connectivity index (χ0) is 28.8. The Morgan fingerprint density at radius 3 is 2.00 bits per heavy atom. The van der Waals surface area contributed by atoms with Crippen molar-refractivity contribution in [1.82, 2.24) is 16.0 Å². The minimum absolute atomic E-state index is 0.00202. The molecule has 0 aromatic heterocycles. The van der Waals surface area contributed by atoms with Crippen molar-refractivity contribution in [2.24, 2.45) is 28.1 Å². The van der Waals surface area contributed by atoms with Crippen LogP contribution in [0.1, 0.15) is 38.7 Å². The van der Waals surface area contributed by atoms with Gasteiger partial charge in [-0.3, -0.25) is 19.4 Å². The van der Waals surface area contributed by atoms with E-state index in [0.29, 0.717) is 18.4 Å². The molecule has 14 nitrogen and oxygen atoms in total. The van der Waals surface area contributed by atoms with E-state index in [-0.39, 0.29) is 37.0 Å². The third-order valence-corrected chi connectivity index (χ3v) is 5.45. The fourth-order valence-electron chi connectivity index (χ4n) is 3.47. The first-order valence-electron chi connectivity index (χ1n) is 12.2. The summed E-state index contributed by atoms with van der Waals surface area (Å²) in [6.07, 6.45) is 0.679. The minimum atomic E-state index is -1.49. The van der Waals surface area contributed by atoms with Crippen LogP contribution in [0.5, 0.6) is 5.75 Å². The van der Waals surface area contributed by atoms with E-state index in [1.54, 1.807) is 0 Å². The lowest BCUT2D eigenvalue weighted by Crippen LogP contribution is -2.58. The van der Waals surface area contributed by atoms with E-state index in [0.717, 1.165) is 0 Å². The highest BCUT2D eigenvalue weighted by atomic mass is 16.4. The number of amides is 3. The molecule has 1 aromatic carbocycles. The first kappa shape index (κ1) is 32.1. The molecule has 1 aromatic rings. The normalized spacial score (nSPS) is 14.0. The standard InChI is InChI=1S/C24H39N7O7/c1-13(2)10-16(25)20(34)29-17(4-3-9-28-24(26)27)21(35)31-19(12-32)22(36)30-18(23(37)38)11-14-5-7-15(33)8-6-14/h5-8,13,16-19,32-33H,3-4,9-12,25H2,1-2H3,(H,29,34)(H,30,36)(H,31,35)(H,37,38)(H4,26,27,28). The van der Waals surface area contributed by atoms with Crippen LogP contribution in [0.2, 0.25) is 0 Å². The van der Waals surface area contributed by atoms with Gasteiger partial charge in [0.1, 0.15) is 23.9 Å². The average molecular weight is 538 g/mol. The first-order valence-corrected chi connectivity index (χ1v) is 12.2. The number of aliphatic imine (C=N–C) groups is 1. The Bertz CT molecular complexity index is 965. The number of nitrogens with zero attached hydrogens (tertiary/aromatic N) is 1. The molecule has 0 aliphatic carbocycles. The number of carbonyl (C=O) groups is 4. The van der Waals surface area contributed by atoms with Gasteiger partial charge in [0, 0.05) is 13.0 Å². The zero-order valence-electron chi connectivity index (χ0n) is 21.6. The van der Waals surface area contributed by atoms with E-state index >= 15 is 0 Å². The number of hydrogen-bond donors (Lipinski definition) is 9. The summed E-state index contributed by atoms with van der Waals surface area (Å²) >= 11 is 0. The summed E-state index contributed by atoms with van der Waals surface area (Å²) in [6, 6.07) is 0.904. The molecule has 3 amide bonds. The van der Waals surface area contributed by atoms with Crippen molar-refractivity contribution in [3.8, 4) is 5.75 Å². The maximum absolute atomic E-state index is 13.0. The number of carboxylic acids is 1. The first-order chi connectivity index (χ1) is 17.8. The molecule has 0 saturated carbocycles. The van der Waals surface area contributed by atoms with Crippen LogP contribution in [-0.2, 0) is 25.6 Å². The molecule has 0 radical (unpaired) electrons. The molecule has 0 fully saturated rings. The molecular weight excluding hydrogens is 498 g/mol. The van der Waals surface area contributed by atoms with Gasteiger partial charge in [-0.05, 0) is 42.9 Å². The molecule has 4 unspecified atom stereocenters. The quantitative estimate of drug-likeness (QED) is 0.0630. The second kappa shape index (κ2) is 16.0. The van der Waals surface area contributed by atoms with Crippen molar-refractivity contribution < 1.29 is 34.5 Å².